The standard InChI is InChI=1S/C65H103NO10/c1-4-7-10-13-16-19-22-25-27-28-29-30-31-32-33-35-38-41-44-47-50-53-60(70)76-63-62(72)61(71)59(54-67)75-65(63)74-55-56(57(68)51-48-45-42-39-36-24-21-18-15-12-9-6-3)66-64(73)58(69)52-49-46-43-40-37-34-26-23-20-17-14-11-8-5-2/h7-8,10-11,14,16-17,19-20,23,25-27,29-30,32-34,37-38,40-41,48,51,56-59,61-63,65,67-69,71-72H,4-6,9,12-13,15,18,21-22,24,28,31,35-36,39,42-47,49-50,52-55H2,1-3H3,(H,66,73)/b10-7-,11-8+,17-14+,19-16-,23-20-,27-25-,30-29-,33-32-,34-26-,40-37+,41-38-,51-48+. The Morgan fingerprint density at radius 2 is 1.01 bits per heavy atom. The number of rotatable bonds is 46. The SMILES string of the molecule is CC/C=C\C/C=C\C/C=C\C/C=C\C/C=C\C/C=C\CCCCC(=O)OC1C(OCC(NC(=O)C(O)CCCC/C=C/C=C\C=C/C=C/C=C/CC)C(O)/C=C/CCCCCCCCCCCC)OC(CO)C(O)C1O. The smallest absolute Gasteiger partial charge is 0.306 e. The Balaban J connectivity index is 2.77. The Hall–Kier alpha value is -4.46. The molecule has 0 spiro atoms. The number of hydrogen-bond acceptors (Lipinski definition) is 10. The summed E-state index contributed by atoms with van der Waals surface area (Å²) in [5.74, 6) is -1.30. The summed E-state index contributed by atoms with van der Waals surface area (Å²) in [7, 11) is 0. The van der Waals surface area contributed by atoms with Crippen LogP contribution in [0.5, 0.6) is 0 Å². The largest absolute Gasteiger partial charge is 0.454 e. The molecule has 0 aromatic carbocycles. The van der Waals surface area contributed by atoms with Crippen LogP contribution in [0.1, 0.15) is 188 Å². The number of unbranched alkanes of at least 4 members (excludes halogenated alkanes) is 14. The molecular weight excluding hydrogens is 955 g/mol. The number of amides is 1. The van der Waals surface area contributed by atoms with E-state index in [2.05, 4.69) is 105 Å². The molecule has 1 aliphatic heterocycles. The first-order valence-corrected chi connectivity index (χ1v) is 29.2. The molecule has 428 valence electrons. The van der Waals surface area contributed by atoms with Gasteiger partial charge in [-0.2, -0.15) is 0 Å². The number of hydrogen-bond donors (Lipinski definition) is 6. The highest BCUT2D eigenvalue weighted by molar-refractivity contribution is 5.80. The van der Waals surface area contributed by atoms with Gasteiger partial charge in [0.05, 0.1) is 25.4 Å². The minimum Gasteiger partial charge on any atom is -0.454 e. The Labute approximate surface area is 460 Å². The van der Waals surface area contributed by atoms with Crippen LogP contribution in [0.2, 0.25) is 0 Å². The highest BCUT2D eigenvalue weighted by atomic mass is 16.7. The average molecular weight is 1060 g/mol. The van der Waals surface area contributed by atoms with Crippen LogP contribution in [0.15, 0.2) is 146 Å². The van der Waals surface area contributed by atoms with Gasteiger partial charge in [0.25, 0.3) is 0 Å². The van der Waals surface area contributed by atoms with Gasteiger partial charge in [-0.3, -0.25) is 9.59 Å². The molecule has 0 bridgehead atoms. The third-order valence-electron chi connectivity index (χ3n) is 12.6. The predicted octanol–water partition coefficient (Wildman–Crippen LogP) is 13.4. The van der Waals surface area contributed by atoms with Crippen molar-refractivity contribution in [3.8, 4) is 0 Å². The summed E-state index contributed by atoms with van der Waals surface area (Å²) in [4.78, 5) is 26.5. The fourth-order valence-corrected chi connectivity index (χ4v) is 8.03. The molecule has 11 heteroatoms. The van der Waals surface area contributed by atoms with Gasteiger partial charge in [0.1, 0.15) is 24.4 Å². The Kier molecular flexibility index (Phi) is 47.0. The topological polar surface area (TPSA) is 175 Å². The predicted molar refractivity (Wildman–Crippen MR) is 314 cm³/mol. The lowest BCUT2D eigenvalue weighted by atomic mass is 9.99. The van der Waals surface area contributed by atoms with E-state index in [1.807, 2.05) is 60.8 Å². The zero-order valence-corrected chi connectivity index (χ0v) is 47.1. The summed E-state index contributed by atoms with van der Waals surface area (Å²) in [6.07, 6.45) is 63.2. The molecule has 1 amide bonds. The molecular formula is C65H103NO10. The lowest BCUT2D eigenvalue weighted by Gasteiger charge is -2.41. The van der Waals surface area contributed by atoms with Gasteiger partial charge in [0, 0.05) is 6.42 Å². The molecule has 76 heavy (non-hydrogen) atoms. The monoisotopic (exact) mass is 1060 g/mol. The number of carbonyl (C=O) groups excluding carboxylic acids is 2. The second-order valence-corrected chi connectivity index (χ2v) is 19.4. The average Bonchev–Trinajstić information content (AvgIpc) is 3.42. The van der Waals surface area contributed by atoms with E-state index in [4.69, 9.17) is 14.2 Å². The van der Waals surface area contributed by atoms with Crippen LogP contribution in [0.4, 0.5) is 0 Å². The van der Waals surface area contributed by atoms with Crippen LogP contribution >= 0.6 is 0 Å². The Morgan fingerprint density at radius 3 is 1.58 bits per heavy atom. The van der Waals surface area contributed by atoms with Gasteiger partial charge < -0.3 is 45.1 Å². The van der Waals surface area contributed by atoms with E-state index in [0.717, 1.165) is 96.3 Å². The molecule has 11 nitrogen and oxygen atoms in total. The second kappa shape index (κ2) is 51.3. The maximum atomic E-state index is 13.4. The molecule has 8 unspecified atom stereocenters. The number of esters is 1. The van der Waals surface area contributed by atoms with Crippen LogP contribution in [0, 0.1) is 0 Å². The van der Waals surface area contributed by atoms with Crippen molar-refractivity contribution in [2.75, 3.05) is 13.2 Å². The maximum Gasteiger partial charge on any atom is 0.306 e. The minimum absolute atomic E-state index is 0.0533. The quantitative estimate of drug-likeness (QED) is 0.0149. The summed E-state index contributed by atoms with van der Waals surface area (Å²) >= 11 is 0. The first kappa shape index (κ1) is 69.6. The van der Waals surface area contributed by atoms with Gasteiger partial charge in [-0.25, -0.2) is 0 Å². The van der Waals surface area contributed by atoms with Crippen LogP contribution in [0.25, 0.3) is 0 Å². The molecule has 1 saturated heterocycles. The number of nitrogens with one attached hydrogen (secondary N) is 1. The van der Waals surface area contributed by atoms with Gasteiger partial charge in [-0.05, 0) is 96.3 Å². The van der Waals surface area contributed by atoms with E-state index in [0.29, 0.717) is 12.8 Å². The van der Waals surface area contributed by atoms with Crippen LogP contribution < -0.4 is 5.32 Å². The van der Waals surface area contributed by atoms with E-state index >= 15 is 0 Å². The molecule has 1 rings (SSSR count). The third-order valence-corrected chi connectivity index (χ3v) is 12.6. The van der Waals surface area contributed by atoms with Crippen molar-refractivity contribution < 1.29 is 49.3 Å². The van der Waals surface area contributed by atoms with E-state index in [-0.39, 0.29) is 19.4 Å². The number of aliphatic hydroxyl groups excluding tert-OH is 5. The molecule has 0 aliphatic carbocycles. The molecule has 0 saturated carbocycles. The molecule has 1 aliphatic rings. The third kappa shape index (κ3) is 39.0. The number of allylic oxidation sites excluding steroid dienone is 23. The summed E-state index contributed by atoms with van der Waals surface area (Å²) in [5, 5.41) is 56.8. The van der Waals surface area contributed by atoms with Crippen molar-refractivity contribution in [2.24, 2.45) is 0 Å². The van der Waals surface area contributed by atoms with Crippen molar-refractivity contribution in [1.82, 2.24) is 5.32 Å². The van der Waals surface area contributed by atoms with Gasteiger partial charge in [0.2, 0.25) is 5.91 Å². The molecule has 1 heterocycles. The van der Waals surface area contributed by atoms with Crippen LogP contribution in [0.3, 0.4) is 0 Å². The normalized spacial score (nSPS) is 20.2. The van der Waals surface area contributed by atoms with E-state index in [1.54, 1.807) is 6.08 Å². The van der Waals surface area contributed by atoms with Crippen LogP contribution in [-0.4, -0.2) is 99.6 Å². The highest BCUT2D eigenvalue weighted by Crippen LogP contribution is 2.26. The first-order chi connectivity index (χ1) is 37.2. The van der Waals surface area contributed by atoms with Crippen molar-refractivity contribution in [1.29, 1.82) is 0 Å². The maximum absolute atomic E-state index is 13.4. The van der Waals surface area contributed by atoms with Crippen molar-refractivity contribution in [3.05, 3.63) is 146 Å². The molecule has 1 fully saturated rings. The fraction of sp³-hybridized carbons (Fsp3) is 0.600. The number of carbonyl (C=O) groups is 2. The summed E-state index contributed by atoms with van der Waals surface area (Å²) < 4.78 is 17.5. The molecule has 0 radical (unpaired) electrons. The zero-order valence-electron chi connectivity index (χ0n) is 47.1. The molecule has 6 N–H and O–H groups in total. The second-order valence-electron chi connectivity index (χ2n) is 19.4. The number of aliphatic hydroxyl groups is 5. The first-order valence-electron chi connectivity index (χ1n) is 29.2. The van der Waals surface area contributed by atoms with Crippen LogP contribution in [-0.2, 0) is 23.8 Å². The van der Waals surface area contributed by atoms with E-state index in [9.17, 15) is 35.1 Å². The van der Waals surface area contributed by atoms with E-state index in [1.165, 1.54) is 44.9 Å². The molecule has 8 atom stereocenters. The minimum atomic E-state index is -1.65. The van der Waals surface area contributed by atoms with Gasteiger partial charge >= 0.3 is 5.97 Å². The Morgan fingerprint density at radius 1 is 0.539 bits per heavy atom. The summed E-state index contributed by atoms with van der Waals surface area (Å²) in [5.41, 5.74) is 0. The van der Waals surface area contributed by atoms with E-state index < -0.39 is 67.4 Å². The Bertz CT molecular complexity index is 1790. The van der Waals surface area contributed by atoms with Crippen molar-refractivity contribution in [2.45, 2.75) is 237 Å². The van der Waals surface area contributed by atoms with Gasteiger partial charge in [-0.1, -0.05) is 231 Å². The summed E-state index contributed by atoms with van der Waals surface area (Å²) in [6, 6.07) is -1.07. The van der Waals surface area contributed by atoms with Gasteiger partial charge in [0.15, 0.2) is 12.4 Å². The number of ether oxygens (including phenoxy) is 3. The lowest BCUT2D eigenvalue weighted by Crippen LogP contribution is -2.61. The zero-order chi connectivity index (χ0) is 55.4. The highest BCUT2D eigenvalue weighted by Gasteiger charge is 2.47. The fourth-order valence-electron chi connectivity index (χ4n) is 8.03. The lowest BCUT2D eigenvalue weighted by molar-refractivity contribution is -0.305. The molecule has 0 aromatic rings. The van der Waals surface area contributed by atoms with Gasteiger partial charge in [-0.15, -0.1) is 0 Å². The van der Waals surface area contributed by atoms with Crippen molar-refractivity contribution in [3.63, 3.8) is 0 Å². The molecule has 0 aromatic heterocycles. The summed E-state index contributed by atoms with van der Waals surface area (Å²) in [6.45, 7) is 5.44. The van der Waals surface area contributed by atoms with Crippen molar-refractivity contribution >= 4 is 11.9 Å².